The number of halogens is 1. The van der Waals surface area contributed by atoms with Crippen LogP contribution in [0, 0.1) is 0 Å². The highest BCUT2D eigenvalue weighted by molar-refractivity contribution is 7.18. The predicted molar refractivity (Wildman–Crippen MR) is 85.8 cm³/mol. The molecule has 0 aliphatic rings. The highest BCUT2D eigenvalue weighted by Gasteiger charge is 2.07. The molecule has 0 atom stereocenters. The van der Waals surface area contributed by atoms with E-state index in [1.54, 1.807) is 36.7 Å². The van der Waals surface area contributed by atoms with Crippen molar-refractivity contribution in [3.05, 3.63) is 57.0 Å². The van der Waals surface area contributed by atoms with Crippen LogP contribution >= 0.6 is 34.3 Å². The Balaban J connectivity index is 1.75. The fourth-order valence-corrected chi connectivity index (χ4v) is 3.26. The highest BCUT2D eigenvalue weighted by atomic mass is 35.5. The molecule has 0 amide bonds. The summed E-state index contributed by atoms with van der Waals surface area (Å²) in [6.07, 6.45) is 6.51. The van der Waals surface area contributed by atoms with Gasteiger partial charge in [-0.3, -0.25) is 4.79 Å². The van der Waals surface area contributed by atoms with E-state index in [1.807, 2.05) is 5.38 Å². The first kappa shape index (κ1) is 14.1. The van der Waals surface area contributed by atoms with Crippen molar-refractivity contribution >= 4 is 46.1 Å². The summed E-state index contributed by atoms with van der Waals surface area (Å²) in [4.78, 5) is 25.2. The number of thiazole rings is 1. The predicted octanol–water partition coefficient (Wildman–Crippen LogP) is 4.21. The number of hydrogen-bond donors (Lipinski definition) is 0. The van der Waals surface area contributed by atoms with E-state index >= 15 is 0 Å². The average molecular weight is 334 g/mol. The van der Waals surface area contributed by atoms with Crippen LogP contribution in [0.25, 0.3) is 16.9 Å². The lowest BCUT2D eigenvalue weighted by Gasteiger charge is -1.91. The summed E-state index contributed by atoms with van der Waals surface area (Å²) in [5, 5.41) is 2.58. The second-order valence-corrected chi connectivity index (χ2v) is 6.52. The van der Waals surface area contributed by atoms with Crippen LogP contribution in [-0.4, -0.2) is 20.7 Å². The Morgan fingerprint density at radius 1 is 1.24 bits per heavy atom. The van der Waals surface area contributed by atoms with E-state index in [0.29, 0.717) is 20.7 Å². The first-order valence-corrected chi connectivity index (χ1v) is 8.00. The molecule has 0 spiro atoms. The van der Waals surface area contributed by atoms with Gasteiger partial charge in [-0.2, -0.15) is 0 Å². The first-order valence-electron chi connectivity index (χ1n) is 5.93. The van der Waals surface area contributed by atoms with Crippen molar-refractivity contribution in [2.24, 2.45) is 0 Å². The fraction of sp³-hybridized carbons (Fsp3) is 0. The third-order valence-corrected chi connectivity index (χ3v) is 4.60. The highest BCUT2D eigenvalue weighted by Crippen LogP contribution is 2.23. The monoisotopic (exact) mass is 333 g/mol. The zero-order valence-electron chi connectivity index (χ0n) is 10.6. The summed E-state index contributed by atoms with van der Waals surface area (Å²) in [5.74, 6) is 0.496. The standard InChI is InChI=1S/C14H8ClN3OS2/c15-12-5-4-11(21-12)10(19)3-2-9-8-20-14(18-9)13-16-6-1-7-17-13/h1-8H/b3-2-. The minimum Gasteiger partial charge on any atom is -0.288 e. The van der Waals surface area contributed by atoms with Crippen molar-refractivity contribution in [3.63, 3.8) is 0 Å². The summed E-state index contributed by atoms with van der Waals surface area (Å²) in [7, 11) is 0. The van der Waals surface area contributed by atoms with E-state index < -0.39 is 0 Å². The lowest BCUT2D eigenvalue weighted by molar-refractivity contribution is 0.105. The molecule has 3 rings (SSSR count). The van der Waals surface area contributed by atoms with E-state index in [9.17, 15) is 4.79 Å². The van der Waals surface area contributed by atoms with Gasteiger partial charge in [-0.1, -0.05) is 11.6 Å². The summed E-state index contributed by atoms with van der Waals surface area (Å²) >= 11 is 8.51. The first-order chi connectivity index (χ1) is 10.2. The molecule has 0 aliphatic carbocycles. The van der Waals surface area contributed by atoms with Gasteiger partial charge in [-0.25, -0.2) is 15.0 Å². The van der Waals surface area contributed by atoms with Gasteiger partial charge >= 0.3 is 0 Å². The van der Waals surface area contributed by atoms with Crippen LogP contribution in [0.3, 0.4) is 0 Å². The SMILES string of the molecule is O=C(/C=C\c1csc(-c2ncccn2)n1)c1ccc(Cl)s1. The molecular formula is C14H8ClN3OS2. The van der Waals surface area contributed by atoms with Crippen molar-refractivity contribution in [2.75, 3.05) is 0 Å². The molecule has 0 saturated heterocycles. The van der Waals surface area contributed by atoms with Gasteiger partial charge in [0, 0.05) is 17.8 Å². The minimum absolute atomic E-state index is 0.0857. The third kappa shape index (κ3) is 3.41. The molecule has 7 heteroatoms. The molecular weight excluding hydrogens is 326 g/mol. The molecule has 0 fully saturated rings. The summed E-state index contributed by atoms with van der Waals surface area (Å²) in [6.45, 7) is 0. The largest absolute Gasteiger partial charge is 0.288 e. The van der Waals surface area contributed by atoms with Crippen molar-refractivity contribution in [1.29, 1.82) is 0 Å². The maximum Gasteiger partial charge on any atom is 0.195 e. The Bertz CT molecular complexity index is 795. The number of thiophene rings is 1. The average Bonchev–Trinajstić information content (AvgIpc) is 3.15. The van der Waals surface area contributed by atoms with Crippen molar-refractivity contribution < 1.29 is 4.79 Å². The summed E-state index contributed by atoms with van der Waals surface area (Å²) in [6, 6.07) is 5.17. The fourth-order valence-electron chi connectivity index (χ4n) is 1.56. The minimum atomic E-state index is -0.0857. The van der Waals surface area contributed by atoms with Gasteiger partial charge in [0.05, 0.1) is 14.9 Å². The lowest BCUT2D eigenvalue weighted by Crippen LogP contribution is -1.89. The number of carbonyl (C=O) groups is 1. The number of hydrogen-bond acceptors (Lipinski definition) is 6. The van der Waals surface area contributed by atoms with E-state index in [2.05, 4.69) is 15.0 Å². The number of nitrogens with zero attached hydrogens (tertiary/aromatic N) is 3. The topological polar surface area (TPSA) is 55.7 Å². The Morgan fingerprint density at radius 3 is 2.76 bits per heavy atom. The van der Waals surface area contributed by atoms with Crippen LogP contribution in [0.2, 0.25) is 4.34 Å². The second kappa shape index (κ2) is 6.26. The maximum absolute atomic E-state index is 11.9. The number of carbonyl (C=O) groups excluding carboxylic acids is 1. The quantitative estimate of drug-likeness (QED) is 0.530. The van der Waals surface area contributed by atoms with E-state index in [1.165, 1.54) is 28.7 Å². The van der Waals surface area contributed by atoms with Crippen molar-refractivity contribution in [1.82, 2.24) is 15.0 Å². The van der Waals surface area contributed by atoms with Crippen LogP contribution in [0.1, 0.15) is 15.4 Å². The number of rotatable bonds is 4. The molecule has 3 heterocycles. The Labute approximate surface area is 133 Å². The molecule has 21 heavy (non-hydrogen) atoms. The van der Waals surface area contributed by atoms with Gasteiger partial charge in [-0.05, 0) is 30.4 Å². The van der Waals surface area contributed by atoms with Crippen molar-refractivity contribution in [3.8, 4) is 10.8 Å². The number of aromatic nitrogens is 3. The van der Waals surface area contributed by atoms with Crippen LogP contribution in [0.4, 0.5) is 0 Å². The summed E-state index contributed by atoms with van der Waals surface area (Å²) in [5.41, 5.74) is 0.707. The van der Waals surface area contributed by atoms with E-state index in [4.69, 9.17) is 11.6 Å². The number of ketones is 1. The Kier molecular flexibility index (Phi) is 4.19. The number of allylic oxidation sites excluding steroid dienone is 1. The van der Waals surface area contributed by atoms with Gasteiger partial charge in [0.15, 0.2) is 16.6 Å². The maximum atomic E-state index is 11.9. The zero-order chi connectivity index (χ0) is 14.7. The normalized spacial score (nSPS) is 11.1. The summed E-state index contributed by atoms with van der Waals surface area (Å²) < 4.78 is 0.601. The molecule has 104 valence electrons. The van der Waals surface area contributed by atoms with Crippen LogP contribution in [0.15, 0.2) is 42.0 Å². The molecule has 0 N–H and O–H groups in total. The molecule has 0 aliphatic heterocycles. The van der Waals surface area contributed by atoms with Gasteiger partial charge in [0.1, 0.15) is 0 Å². The van der Waals surface area contributed by atoms with Gasteiger partial charge in [0.25, 0.3) is 0 Å². The lowest BCUT2D eigenvalue weighted by atomic mass is 10.3. The molecule has 0 unspecified atom stereocenters. The molecule has 3 aromatic rings. The van der Waals surface area contributed by atoms with Gasteiger partial charge in [-0.15, -0.1) is 22.7 Å². The van der Waals surface area contributed by atoms with Gasteiger partial charge < -0.3 is 0 Å². The smallest absolute Gasteiger partial charge is 0.195 e. The molecule has 0 aromatic carbocycles. The zero-order valence-corrected chi connectivity index (χ0v) is 13.0. The molecule has 0 bridgehead atoms. The van der Waals surface area contributed by atoms with Crippen LogP contribution < -0.4 is 0 Å². The van der Waals surface area contributed by atoms with E-state index in [0.717, 1.165) is 5.01 Å². The van der Waals surface area contributed by atoms with Crippen LogP contribution in [-0.2, 0) is 0 Å². The van der Waals surface area contributed by atoms with Crippen LogP contribution in [0.5, 0.6) is 0 Å². The molecule has 3 aromatic heterocycles. The Hall–Kier alpha value is -1.89. The third-order valence-electron chi connectivity index (χ3n) is 2.50. The van der Waals surface area contributed by atoms with Gasteiger partial charge in [0.2, 0.25) is 0 Å². The van der Waals surface area contributed by atoms with E-state index in [-0.39, 0.29) is 5.78 Å². The molecule has 0 saturated carbocycles. The second-order valence-electron chi connectivity index (χ2n) is 3.95. The molecule has 0 radical (unpaired) electrons. The Morgan fingerprint density at radius 2 is 2.05 bits per heavy atom. The van der Waals surface area contributed by atoms with Crippen molar-refractivity contribution in [2.45, 2.75) is 0 Å². The molecule has 4 nitrogen and oxygen atoms in total.